The quantitative estimate of drug-likeness (QED) is 0.827. The summed E-state index contributed by atoms with van der Waals surface area (Å²) in [5.41, 5.74) is 1.84. The predicted octanol–water partition coefficient (Wildman–Crippen LogP) is 2.52. The van der Waals surface area contributed by atoms with Crippen molar-refractivity contribution in [2.45, 2.75) is 33.1 Å². The molecule has 0 aliphatic rings. The number of carbonyl (C=O) groups is 1. The van der Waals surface area contributed by atoms with Gasteiger partial charge in [0.1, 0.15) is 5.78 Å². The summed E-state index contributed by atoms with van der Waals surface area (Å²) in [4.78, 5) is 19.9. The molecule has 5 nitrogen and oxygen atoms in total. The molecule has 0 fully saturated rings. The first-order valence-corrected chi connectivity index (χ1v) is 5.90. The van der Waals surface area contributed by atoms with Crippen molar-refractivity contribution in [2.75, 3.05) is 0 Å². The van der Waals surface area contributed by atoms with Crippen molar-refractivity contribution in [3.8, 4) is 11.4 Å². The van der Waals surface area contributed by atoms with E-state index in [0.717, 1.165) is 11.1 Å². The second kappa shape index (κ2) is 5.08. The van der Waals surface area contributed by atoms with E-state index in [1.807, 2.05) is 19.9 Å². The zero-order valence-corrected chi connectivity index (χ0v) is 10.7. The Balaban J connectivity index is 2.31. The molecule has 0 aliphatic heterocycles. The Hall–Kier alpha value is -2.04. The van der Waals surface area contributed by atoms with Crippen molar-refractivity contribution in [2.24, 2.45) is 0 Å². The molecule has 1 unspecified atom stereocenters. The lowest BCUT2D eigenvalue weighted by Gasteiger charge is -2.01. The molecular weight excluding hydrogens is 230 g/mol. The summed E-state index contributed by atoms with van der Waals surface area (Å²) in [7, 11) is 0. The van der Waals surface area contributed by atoms with Gasteiger partial charge in [0.2, 0.25) is 11.7 Å². The van der Waals surface area contributed by atoms with Crippen LogP contribution in [0.3, 0.4) is 0 Å². The largest absolute Gasteiger partial charge is 0.338 e. The second-order valence-electron chi connectivity index (χ2n) is 4.19. The molecule has 2 aromatic rings. The molecule has 0 amide bonds. The van der Waals surface area contributed by atoms with E-state index < -0.39 is 0 Å². The number of aryl methyl sites for hydroxylation is 1. The third-order valence-electron chi connectivity index (χ3n) is 2.90. The fraction of sp³-hybridized carbons (Fsp3) is 0.385. The van der Waals surface area contributed by atoms with Crippen LogP contribution in [0.5, 0.6) is 0 Å². The van der Waals surface area contributed by atoms with Crippen molar-refractivity contribution in [1.29, 1.82) is 0 Å². The first-order chi connectivity index (χ1) is 8.63. The Morgan fingerprint density at radius 2 is 2.28 bits per heavy atom. The Labute approximate surface area is 105 Å². The standard InChI is InChI=1S/C13H15N3O2/c1-4-11(17)9(3)13-15-12(16-18-13)10-5-6-14-7-8(10)2/h5-7,9H,4H2,1-3H3. The average Bonchev–Trinajstić information content (AvgIpc) is 2.87. The molecule has 0 N–H and O–H groups in total. The normalized spacial score (nSPS) is 12.4. The number of Topliss-reactive ketones (excluding diaryl/α,β-unsaturated/α-hetero) is 1. The van der Waals surface area contributed by atoms with E-state index in [0.29, 0.717) is 18.1 Å². The fourth-order valence-corrected chi connectivity index (χ4v) is 1.69. The molecule has 0 aromatic carbocycles. The summed E-state index contributed by atoms with van der Waals surface area (Å²) >= 11 is 0. The summed E-state index contributed by atoms with van der Waals surface area (Å²) in [5, 5.41) is 3.92. The minimum Gasteiger partial charge on any atom is -0.338 e. The van der Waals surface area contributed by atoms with Crippen LogP contribution in [0.15, 0.2) is 23.0 Å². The highest BCUT2D eigenvalue weighted by Gasteiger charge is 2.21. The van der Waals surface area contributed by atoms with Gasteiger partial charge in [0.15, 0.2) is 0 Å². The second-order valence-corrected chi connectivity index (χ2v) is 4.19. The van der Waals surface area contributed by atoms with Gasteiger partial charge in [-0.3, -0.25) is 9.78 Å². The first-order valence-electron chi connectivity index (χ1n) is 5.90. The van der Waals surface area contributed by atoms with E-state index in [2.05, 4.69) is 15.1 Å². The van der Waals surface area contributed by atoms with Crippen LogP contribution in [0.2, 0.25) is 0 Å². The maximum Gasteiger partial charge on any atom is 0.237 e. The topological polar surface area (TPSA) is 68.9 Å². The van der Waals surface area contributed by atoms with Crippen LogP contribution in [0.1, 0.15) is 37.6 Å². The molecule has 2 aromatic heterocycles. The number of hydrogen-bond donors (Lipinski definition) is 0. The van der Waals surface area contributed by atoms with E-state index >= 15 is 0 Å². The summed E-state index contributed by atoms with van der Waals surface area (Å²) in [6.07, 6.45) is 3.89. The highest BCUT2D eigenvalue weighted by molar-refractivity contribution is 5.84. The molecule has 0 saturated carbocycles. The Kier molecular flexibility index (Phi) is 3.50. The number of pyridine rings is 1. The van der Waals surface area contributed by atoms with Gasteiger partial charge in [0.25, 0.3) is 0 Å². The van der Waals surface area contributed by atoms with Crippen LogP contribution >= 0.6 is 0 Å². The minimum absolute atomic E-state index is 0.0941. The molecule has 2 rings (SSSR count). The van der Waals surface area contributed by atoms with Crippen molar-refractivity contribution in [3.63, 3.8) is 0 Å². The summed E-state index contributed by atoms with van der Waals surface area (Å²) in [5.74, 6) is 0.615. The molecule has 94 valence electrons. The molecule has 0 spiro atoms. The number of ketones is 1. The van der Waals surface area contributed by atoms with E-state index in [1.54, 1.807) is 19.3 Å². The van der Waals surface area contributed by atoms with E-state index in [9.17, 15) is 4.79 Å². The highest BCUT2D eigenvalue weighted by atomic mass is 16.5. The van der Waals surface area contributed by atoms with Crippen molar-refractivity contribution < 1.29 is 9.32 Å². The van der Waals surface area contributed by atoms with Gasteiger partial charge in [-0.25, -0.2) is 0 Å². The molecule has 18 heavy (non-hydrogen) atoms. The van der Waals surface area contributed by atoms with Crippen LogP contribution in [-0.4, -0.2) is 20.9 Å². The van der Waals surface area contributed by atoms with E-state index in [1.165, 1.54) is 0 Å². The van der Waals surface area contributed by atoms with Gasteiger partial charge < -0.3 is 4.52 Å². The van der Waals surface area contributed by atoms with E-state index in [-0.39, 0.29) is 11.7 Å². The first kappa shape index (κ1) is 12.4. The minimum atomic E-state index is -0.349. The number of nitrogens with zero attached hydrogens (tertiary/aromatic N) is 3. The van der Waals surface area contributed by atoms with Gasteiger partial charge in [-0.15, -0.1) is 0 Å². The number of rotatable bonds is 4. The van der Waals surface area contributed by atoms with Gasteiger partial charge in [0.05, 0.1) is 5.92 Å². The number of aromatic nitrogens is 3. The summed E-state index contributed by atoms with van der Waals surface area (Å²) in [6, 6.07) is 1.83. The van der Waals surface area contributed by atoms with Crippen molar-refractivity contribution in [3.05, 3.63) is 29.9 Å². The highest BCUT2D eigenvalue weighted by Crippen LogP contribution is 2.22. The van der Waals surface area contributed by atoms with Crippen LogP contribution in [0, 0.1) is 6.92 Å². The van der Waals surface area contributed by atoms with Crippen molar-refractivity contribution in [1.82, 2.24) is 15.1 Å². The van der Waals surface area contributed by atoms with Crippen molar-refractivity contribution >= 4 is 5.78 Å². The molecule has 2 heterocycles. The average molecular weight is 245 g/mol. The third-order valence-corrected chi connectivity index (χ3v) is 2.90. The molecular formula is C13H15N3O2. The molecule has 5 heteroatoms. The van der Waals surface area contributed by atoms with Gasteiger partial charge >= 0.3 is 0 Å². The SMILES string of the molecule is CCC(=O)C(C)c1nc(-c2ccncc2C)no1. The van der Waals surface area contributed by atoms with Crippen LogP contribution < -0.4 is 0 Å². The van der Waals surface area contributed by atoms with E-state index in [4.69, 9.17) is 4.52 Å². The monoisotopic (exact) mass is 245 g/mol. The third kappa shape index (κ3) is 2.30. The van der Waals surface area contributed by atoms with Gasteiger partial charge in [-0.05, 0) is 25.5 Å². The van der Waals surface area contributed by atoms with Gasteiger partial charge in [-0.2, -0.15) is 4.98 Å². The zero-order valence-electron chi connectivity index (χ0n) is 10.7. The Bertz CT molecular complexity index is 563. The maximum atomic E-state index is 11.6. The molecule has 1 atom stereocenters. The maximum absolute atomic E-state index is 11.6. The summed E-state index contributed by atoms with van der Waals surface area (Å²) < 4.78 is 5.16. The molecule has 0 aliphatic carbocycles. The summed E-state index contributed by atoms with van der Waals surface area (Å²) in [6.45, 7) is 5.53. The fourth-order valence-electron chi connectivity index (χ4n) is 1.69. The molecule has 0 saturated heterocycles. The lowest BCUT2D eigenvalue weighted by atomic mass is 10.1. The molecule has 0 bridgehead atoms. The van der Waals surface area contributed by atoms with Gasteiger partial charge in [-0.1, -0.05) is 12.1 Å². The Morgan fingerprint density at radius 3 is 2.94 bits per heavy atom. The lowest BCUT2D eigenvalue weighted by molar-refractivity contribution is -0.120. The number of hydrogen-bond acceptors (Lipinski definition) is 5. The van der Waals surface area contributed by atoms with Crippen LogP contribution in [0.25, 0.3) is 11.4 Å². The van der Waals surface area contributed by atoms with Crippen LogP contribution in [0.4, 0.5) is 0 Å². The smallest absolute Gasteiger partial charge is 0.237 e. The van der Waals surface area contributed by atoms with Crippen LogP contribution in [-0.2, 0) is 4.79 Å². The predicted molar refractivity (Wildman–Crippen MR) is 66.0 cm³/mol. The molecule has 0 radical (unpaired) electrons. The number of carbonyl (C=O) groups excluding carboxylic acids is 1. The van der Waals surface area contributed by atoms with Gasteiger partial charge in [0, 0.05) is 24.4 Å². The zero-order chi connectivity index (χ0) is 13.1. The Morgan fingerprint density at radius 1 is 1.50 bits per heavy atom. The lowest BCUT2D eigenvalue weighted by Crippen LogP contribution is -2.07.